The molecule has 0 heterocycles. The number of hydrogen-bond acceptors (Lipinski definition) is 3. The summed E-state index contributed by atoms with van der Waals surface area (Å²) in [6, 6.07) is 5.90. The number of unbranched alkanes of at least 4 members (excludes halogenated alkanes) is 1. The third kappa shape index (κ3) is 8.01. The average Bonchev–Trinajstić information content (AvgIpc) is 2.37. The summed E-state index contributed by atoms with van der Waals surface area (Å²) < 4.78 is 14.7. The van der Waals surface area contributed by atoms with E-state index < -0.39 is 14.2 Å². The quantitative estimate of drug-likeness (QED) is 0.806. The first-order valence-electron chi connectivity index (χ1n) is 5.69. The van der Waals surface area contributed by atoms with Crippen LogP contribution in [0.15, 0.2) is 24.3 Å². The third-order valence-electron chi connectivity index (χ3n) is 2.06. The Hall–Kier alpha value is -1.16. The smallest absolute Gasteiger partial charge is 0.335 e. The van der Waals surface area contributed by atoms with Gasteiger partial charge in [0.25, 0.3) is 0 Å². The molecule has 1 aromatic rings. The molecule has 1 atom stereocenters. The van der Waals surface area contributed by atoms with Crippen molar-refractivity contribution in [2.24, 2.45) is 0 Å². The SMILES string of the molecule is CCCC.O=C(O)c1ccc(CO[PH](=O)O)cc1. The Bertz CT molecular complexity index is 373. The topological polar surface area (TPSA) is 83.8 Å². The van der Waals surface area contributed by atoms with Gasteiger partial charge in [0.05, 0.1) is 12.2 Å². The lowest BCUT2D eigenvalue weighted by atomic mass is 10.1. The summed E-state index contributed by atoms with van der Waals surface area (Å²) in [7, 11) is -2.92. The van der Waals surface area contributed by atoms with Crippen molar-refractivity contribution in [3.63, 3.8) is 0 Å². The van der Waals surface area contributed by atoms with Gasteiger partial charge in [0.15, 0.2) is 0 Å². The summed E-state index contributed by atoms with van der Waals surface area (Å²) in [6.45, 7) is 4.37. The van der Waals surface area contributed by atoms with Crippen LogP contribution in [0.5, 0.6) is 0 Å². The summed E-state index contributed by atoms with van der Waals surface area (Å²) in [5.41, 5.74) is 0.827. The highest BCUT2D eigenvalue weighted by Crippen LogP contribution is 2.17. The highest BCUT2D eigenvalue weighted by molar-refractivity contribution is 7.32. The summed E-state index contributed by atoms with van der Waals surface area (Å²) >= 11 is 0. The van der Waals surface area contributed by atoms with E-state index in [0.29, 0.717) is 5.56 Å². The van der Waals surface area contributed by atoms with E-state index in [4.69, 9.17) is 10.00 Å². The second-order valence-corrected chi connectivity index (χ2v) is 4.38. The van der Waals surface area contributed by atoms with Gasteiger partial charge in [-0.2, -0.15) is 0 Å². The predicted molar refractivity (Wildman–Crippen MR) is 70.0 cm³/mol. The molecule has 0 aliphatic rings. The van der Waals surface area contributed by atoms with Gasteiger partial charge in [-0.25, -0.2) is 4.79 Å². The van der Waals surface area contributed by atoms with Gasteiger partial charge < -0.3 is 14.5 Å². The molecule has 0 aromatic heterocycles. The molecule has 18 heavy (non-hydrogen) atoms. The van der Waals surface area contributed by atoms with Crippen LogP contribution in [0.3, 0.4) is 0 Å². The number of carbonyl (C=O) groups is 1. The first-order valence-corrected chi connectivity index (χ1v) is 6.95. The van der Waals surface area contributed by atoms with Crippen molar-refractivity contribution in [3.05, 3.63) is 35.4 Å². The second kappa shape index (κ2) is 9.83. The van der Waals surface area contributed by atoms with Crippen LogP contribution in [0.1, 0.15) is 42.6 Å². The van der Waals surface area contributed by atoms with E-state index >= 15 is 0 Å². The molecule has 1 unspecified atom stereocenters. The molecule has 0 fully saturated rings. The molecule has 2 N–H and O–H groups in total. The maximum atomic E-state index is 10.5. The average molecular weight is 274 g/mol. The minimum atomic E-state index is -2.92. The molecule has 0 spiro atoms. The molecule has 102 valence electrons. The highest BCUT2D eigenvalue weighted by Gasteiger charge is 2.02. The fourth-order valence-corrected chi connectivity index (χ4v) is 1.18. The van der Waals surface area contributed by atoms with E-state index in [1.807, 2.05) is 0 Å². The van der Waals surface area contributed by atoms with Crippen LogP contribution < -0.4 is 0 Å². The van der Waals surface area contributed by atoms with Gasteiger partial charge in [0.1, 0.15) is 0 Å². The molecule has 0 saturated heterocycles. The zero-order valence-electron chi connectivity index (χ0n) is 10.5. The molecule has 0 bridgehead atoms. The Morgan fingerprint density at radius 3 is 2.06 bits per heavy atom. The molecule has 0 amide bonds. The Kier molecular flexibility index (Phi) is 9.19. The fraction of sp³-hybridized carbons (Fsp3) is 0.417. The summed E-state index contributed by atoms with van der Waals surface area (Å²) in [4.78, 5) is 18.8. The van der Waals surface area contributed by atoms with E-state index in [0.717, 1.165) is 0 Å². The first-order chi connectivity index (χ1) is 8.51. The molecule has 0 aliphatic carbocycles. The lowest BCUT2D eigenvalue weighted by molar-refractivity contribution is 0.0696. The first kappa shape index (κ1) is 16.8. The minimum absolute atomic E-state index is 0.00813. The zero-order chi connectivity index (χ0) is 14.0. The van der Waals surface area contributed by atoms with Crippen molar-refractivity contribution in [2.45, 2.75) is 33.3 Å². The number of rotatable bonds is 5. The Labute approximate surface area is 107 Å². The summed E-state index contributed by atoms with van der Waals surface area (Å²) in [5, 5.41) is 8.58. The van der Waals surface area contributed by atoms with E-state index in [2.05, 4.69) is 18.4 Å². The number of aromatic carboxylic acids is 1. The predicted octanol–water partition coefficient (Wildman–Crippen LogP) is 3.09. The maximum Gasteiger partial charge on any atom is 0.335 e. The van der Waals surface area contributed by atoms with Crippen LogP contribution in [0.4, 0.5) is 0 Å². The van der Waals surface area contributed by atoms with Crippen molar-refractivity contribution in [1.29, 1.82) is 0 Å². The number of carboxylic acids is 1. The molecule has 0 saturated carbocycles. The van der Waals surface area contributed by atoms with E-state index in [1.165, 1.54) is 37.1 Å². The minimum Gasteiger partial charge on any atom is -0.478 e. The van der Waals surface area contributed by atoms with Crippen LogP contribution in [-0.4, -0.2) is 16.0 Å². The molecule has 5 nitrogen and oxygen atoms in total. The van der Waals surface area contributed by atoms with E-state index in [9.17, 15) is 9.36 Å². The van der Waals surface area contributed by atoms with E-state index in [1.54, 1.807) is 0 Å². The molecular formula is C12H19O5P. The number of carboxylic acid groups (broad SMARTS) is 1. The summed E-state index contributed by atoms with van der Waals surface area (Å²) in [5.74, 6) is -1.01. The zero-order valence-corrected chi connectivity index (χ0v) is 11.5. The van der Waals surface area contributed by atoms with E-state index in [-0.39, 0.29) is 12.2 Å². The van der Waals surface area contributed by atoms with Crippen molar-refractivity contribution in [2.75, 3.05) is 0 Å². The normalized spacial score (nSPS) is 11.3. The number of benzene rings is 1. The van der Waals surface area contributed by atoms with Crippen molar-refractivity contribution in [1.82, 2.24) is 0 Å². The van der Waals surface area contributed by atoms with Crippen LogP contribution >= 0.6 is 8.25 Å². The van der Waals surface area contributed by atoms with Gasteiger partial charge in [-0.1, -0.05) is 38.8 Å². The molecular weight excluding hydrogens is 255 g/mol. The van der Waals surface area contributed by atoms with Gasteiger partial charge in [-0.15, -0.1) is 0 Å². The molecule has 6 heteroatoms. The van der Waals surface area contributed by atoms with Crippen LogP contribution in [0, 0.1) is 0 Å². The Morgan fingerprint density at radius 1 is 1.22 bits per heavy atom. The van der Waals surface area contributed by atoms with Crippen LogP contribution in [0.2, 0.25) is 0 Å². The largest absolute Gasteiger partial charge is 0.478 e. The maximum absolute atomic E-state index is 10.5. The molecule has 1 rings (SSSR count). The monoisotopic (exact) mass is 274 g/mol. The number of hydrogen-bond donors (Lipinski definition) is 2. The molecule has 1 aromatic carbocycles. The Morgan fingerprint density at radius 2 is 1.72 bits per heavy atom. The Balaban J connectivity index is 0.000000631. The molecule has 0 aliphatic heterocycles. The van der Waals surface area contributed by atoms with Crippen LogP contribution in [0.25, 0.3) is 0 Å². The van der Waals surface area contributed by atoms with Crippen LogP contribution in [-0.2, 0) is 15.7 Å². The van der Waals surface area contributed by atoms with Gasteiger partial charge in [0, 0.05) is 0 Å². The van der Waals surface area contributed by atoms with Crippen molar-refractivity contribution < 1.29 is 23.9 Å². The third-order valence-corrected chi connectivity index (χ3v) is 2.45. The lowest BCUT2D eigenvalue weighted by Gasteiger charge is -2.00. The van der Waals surface area contributed by atoms with Crippen molar-refractivity contribution in [3.8, 4) is 0 Å². The summed E-state index contributed by atoms with van der Waals surface area (Å²) in [6.07, 6.45) is 2.64. The fourth-order valence-electron chi connectivity index (χ4n) is 0.889. The lowest BCUT2D eigenvalue weighted by Crippen LogP contribution is -1.96. The van der Waals surface area contributed by atoms with Gasteiger partial charge in [-0.05, 0) is 17.7 Å². The standard InChI is InChI=1S/C8H9O5P.C4H10/c9-8(10)7-3-1-6(2-4-7)5-13-14(11)12;1-3-4-2/h1-4,14H,5H2,(H,9,10)(H,11,12);3-4H2,1-2H3. The van der Waals surface area contributed by atoms with Gasteiger partial charge in [-0.3, -0.25) is 4.57 Å². The van der Waals surface area contributed by atoms with Crippen molar-refractivity contribution >= 4 is 14.2 Å². The highest BCUT2D eigenvalue weighted by atomic mass is 31.1. The molecule has 0 radical (unpaired) electrons. The van der Waals surface area contributed by atoms with Gasteiger partial charge >= 0.3 is 14.2 Å². The second-order valence-electron chi connectivity index (χ2n) is 3.56. The van der Waals surface area contributed by atoms with Gasteiger partial charge in [0.2, 0.25) is 0 Å².